The average molecular weight is 567 g/mol. The minimum atomic E-state index is -1.17. The molecule has 4 aromatic rings. The first-order valence-corrected chi connectivity index (χ1v) is 14.4. The van der Waals surface area contributed by atoms with Crippen LogP contribution in [-0.2, 0) is 0 Å². The number of benzene rings is 2. The van der Waals surface area contributed by atoms with Crippen LogP contribution in [0.2, 0.25) is 0 Å². The maximum atomic E-state index is 16.4. The lowest BCUT2D eigenvalue weighted by atomic mass is 9.95. The number of aromatic amines is 1. The Morgan fingerprint density at radius 3 is 2.46 bits per heavy atom. The first-order valence-electron chi connectivity index (χ1n) is 14.4. The van der Waals surface area contributed by atoms with E-state index in [1.165, 1.54) is 18.3 Å². The normalized spacial score (nSPS) is 23.7. The maximum absolute atomic E-state index is 16.4. The number of ether oxygens (including phenoxy) is 1. The first-order chi connectivity index (χ1) is 19.9. The van der Waals surface area contributed by atoms with E-state index in [4.69, 9.17) is 9.72 Å². The minimum absolute atomic E-state index is 0.0408. The van der Waals surface area contributed by atoms with Gasteiger partial charge in [0.25, 0.3) is 0 Å². The second kappa shape index (κ2) is 9.29. The average Bonchev–Trinajstić information content (AvgIpc) is 3.73. The van der Waals surface area contributed by atoms with Gasteiger partial charge in [0.05, 0.1) is 11.1 Å². The zero-order valence-electron chi connectivity index (χ0n) is 22.5. The van der Waals surface area contributed by atoms with Crippen molar-refractivity contribution < 1.29 is 22.3 Å². The molecular formula is C30H30F4N6O. The van der Waals surface area contributed by atoms with E-state index >= 15 is 8.78 Å². The molecule has 2 N–H and O–H groups in total. The molecule has 0 spiro atoms. The molecule has 214 valence electrons. The first kappa shape index (κ1) is 25.3. The molecule has 2 aromatic carbocycles. The zero-order chi connectivity index (χ0) is 27.9. The molecule has 0 radical (unpaired) electrons. The third-order valence-electron chi connectivity index (χ3n) is 9.64. The van der Waals surface area contributed by atoms with Crippen LogP contribution in [-0.4, -0.2) is 70.3 Å². The van der Waals surface area contributed by atoms with Crippen LogP contribution < -0.4 is 15.0 Å². The number of nitrogens with zero attached hydrogens (tertiary/aromatic N) is 4. The monoisotopic (exact) mass is 566 g/mol. The number of fused-ring (bicyclic) bond motifs is 5. The van der Waals surface area contributed by atoms with E-state index in [-0.39, 0.29) is 51.0 Å². The summed E-state index contributed by atoms with van der Waals surface area (Å²) in [6.45, 7) is 3.77. The van der Waals surface area contributed by atoms with Crippen molar-refractivity contribution in [1.29, 1.82) is 0 Å². The van der Waals surface area contributed by atoms with Crippen molar-refractivity contribution in [1.82, 2.24) is 25.2 Å². The Hall–Kier alpha value is -3.44. The highest BCUT2D eigenvalue weighted by Gasteiger charge is 2.45. The van der Waals surface area contributed by atoms with E-state index in [1.807, 2.05) is 0 Å². The van der Waals surface area contributed by atoms with Gasteiger partial charge in [-0.1, -0.05) is 0 Å². The fraction of sp³-hybridized carbons (Fsp3) is 0.467. The summed E-state index contributed by atoms with van der Waals surface area (Å²) < 4.78 is 67.5. The lowest BCUT2D eigenvalue weighted by Crippen LogP contribution is -2.51. The Bertz CT molecular complexity index is 1670. The summed E-state index contributed by atoms with van der Waals surface area (Å²) in [5.74, 6) is -3.70. The number of hydrogen-bond acceptors (Lipinski definition) is 6. The SMILES string of the molecule is Fc1cc2c(N3CC4CCC(C3)N4)nc(OCC34CCCN3CCC4)nc2c(F)c1-c1c[nH]c2ccc(F)c(F)c12. The highest BCUT2D eigenvalue weighted by molar-refractivity contribution is 6.00. The maximum Gasteiger partial charge on any atom is 0.319 e. The smallest absolute Gasteiger partial charge is 0.319 e. The number of hydrogen-bond donors (Lipinski definition) is 2. The summed E-state index contributed by atoms with van der Waals surface area (Å²) in [4.78, 5) is 16.5. The second-order valence-corrected chi connectivity index (χ2v) is 12.0. The molecule has 4 aliphatic rings. The molecule has 2 bridgehead atoms. The quantitative estimate of drug-likeness (QED) is 0.321. The van der Waals surface area contributed by atoms with Crippen LogP contribution in [0.25, 0.3) is 32.9 Å². The number of halogens is 4. The van der Waals surface area contributed by atoms with Gasteiger partial charge in [0.2, 0.25) is 0 Å². The number of anilines is 1. The van der Waals surface area contributed by atoms with Gasteiger partial charge in [0, 0.05) is 53.2 Å². The molecule has 11 heteroatoms. The molecule has 7 nitrogen and oxygen atoms in total. The van der Waals surface area contributed by atoms with E-state index in [9.17, 15) is 8.78 Å². The summed E-state index contributed by atoms with van der Waals surface area (Å²) in [7, 11) is 0. The van der Waals surface area contributed by atoms with Gasteiger partial charge in [0.15, 0.2) is 17.5 Å². The molecule has 4 aliphatic heterocycles. The lowest BCUT2D eigenvalue weighted by Gasteiger charge is -2.34. The van der Waals surface area contributed by atoms with E-state index < -0.39 is 28.8 Å². The highest BCUT2D eigenvalue weighted by atomic mass is 19.2. The topological polar surface area (TPSA) is 69.3 Å². The fourth-order valence-corrected chi connectivity index (χ4v) is 7.70. The lowest BCUT2D eigenvalue weighted by molar-refractivity contribution is 0.108. The van der Waals surface area contributed by atoms with Crippen molar-refractivity contribution in [3.8, 4) is 17.1 Å². The summed E-state index contributed by atoms with van der Waals surface area (Å²) in [6, 6.07) is 4.11. The van der Waals surface area contributed by atoms with Gasteiger partial charge in [-0.05, 0) is 69.8 Å². The Morgan fingerprint density at radius 2 is 1.71 bits per heavy atom. The van der Waals surface area contributed by atoms with Crippen molar-refractivity contribution in [2.45, 2.75) is 56.1 Å². The molecule has 4 saturated heterocycles. The molecule has 4 fully saturated rings. The van der Waals surface area contributed by atoms with Crippen LogP contribution in [0.1, 0.15) is 38.5 Å². The van der Waals surface area contributed by atoms with Gasteiger partial charge >= 0.3 is 6.01 Å². The predicted molar refractivity (Wildman–Crippen MR) is 147 cm³/mol. The standard InChI is InChI=1S/C30H30F4N6O/c31-20-5-6-22-24(25(20)33)19(12-35-22)23-21(32)11-18-27(26(23)34)37-29(41-15-30-7-1-9-40(30)10-2-8-30)38-28(18)39-13-16-3-4-17(14-39)36-16/h5-6,11-12,16-17,35-36H,1-4,7-10,13-15H2. The van der Waals surface area contributed by atoms with Crippen molar-refractivity contribution >= 4 is 27.6 Å². The molecule has 0 saturated carbocycles. The third kappa shape index (κ3) is 3.92. The Balaban J connectivity index is 1.27. The summed E-state index contributed by atoms with van der Waals surface area (Å²) in [5.41, 5.74) is -0.516. The van der Waals surface area contributed by atoms with Gasteiger partial charge < -0.3 is 19.9 Å². The van der Waals surface area contributed by atoms with Crippen LogP contribution >= 0.6 is 0 Å². The number of aromatic nitrogens is 3. The van der Waals surface area contributed by atoms with Crippen LogP contribution in [0.15, 0.2) is 24.4 Å². The van der Waals surface area contributed by atoms with Crippen LogP contribution in [0.3, 0.4) is 0 Å². The second-order valence-electron chi connectivity index (χ2n) is 12.0. The van der Waals surface area contributed by atoms with Gasteiger partial charge in [-0.15, -0.1) is 0 Å². The highest BCUT2D eigenvalue weighted by Crippen LogP contribution is 2.42. The summed E-state index contributed by atoms with van der Waals surface area (Å²) in [6.07, 6.45) is 7.62. The van der Waals surface area contributed by atoms with Gasteiger partial charge in [-0.25, -0.2) is 17.6 Å². The van der Waals surface area contributed by atoms with Gasteiger partial charge in [-0.2, -0.15) is 9.97 Å². The Kier molecular flexibility index (Phi) is 5.73. The summed E-state index contributed by atoms with van der Waals surface area (Å²) in [5, 5.41) is 3.59. The van der Waals surface area contributed by atoms with Crippen LogP contribution in [0.4, 0.5) is 23.4 Å². The molecule has 2 atom stereocenters. The van der Waals surface area contributed by atoms with Crippen molar-refractivity contribution in [3.05, 3.63) is 47.7 Å². The number of rotatable bonds is 5. The van der Waals surface area contributed by atoms with E-state index in [1.54, 1.807) is 0 Å². The molecule has 8 rings (SSSR count). The number of piperazine rings is 1. The molecular weight excluding hydrogens is 536 g/mol. The van der Waals surface area contributed by atoms with Crippen LogP contribution in [0, 0.1) is 23.3 Å². The number of H-pyrrole nitrogens is 1. The molecule has 6 heterocycles. The van der Waals surface area contributed by atoms with Crippen molar-refractivity contribution in [2.24, 2.45) is 0 Å². The molecule has 2 unspecified atom stereocenters. The predicted octanol–water partition coefficient (Wildman–Crippen LogP) is 5.28. The van der Waals surface area contributed by atoms with E-state index in [0.717, 1.165) is 57.7 Å². The molecule has 0 aliphatic carbocycles. The van der Waals surface area contributed by atoms with Crippen molar-refractivity contribution in [2.75, 3.05) is 37.7 Å². The van der Waals surface area contributed by atoms with Crippen molar-refractivity contribution in [3.63, 3.8) is 0 Å². The number of nitrogens with one attached hydrogen (secondary N) is 2. The Labute approximate surface area is 233 Å². The molecule has 2 aromatic heterocycles. The zero-order valence-corrected chi connectivity index (χ0v) is 22.5. The molecule has 41 heavy (non-hydrogen) atoms. The fourth-order valence-electron chi connectivity index (χ4n) is 7.70. The minimum Gasteiger partial charge on any atom is -0.461 e. The van der Waals surface area contributed by atoms with Gasteiger partial charge in [0.1, 0.15) is 23.8 Å². The molecule has 0 amide bonds. The van der Waals surface area contributed by atoms with E-state index in [2.05, 4.69) is 25.1 Å². The summed E-state index contributed by atoms with van der Waals surface area (Å²) >= 11 is 0. The van der Waals surface area contributed by atoms with E-state index in [0.29, 0.717) is 25.5 Å². The van der Waals surface area contributed by atoms with Gasteiger partial charge in [-0.3, -0.25) is 4.90 Å². The van der Waals surface area contributed by atoms with Crippen LogP contribution in [0.5, 0.6) is 6.01 Å². The third-order valence-corrected chi connectivity index (χ3v) is 9.64. The largest absolute Gasteiger partial charge is 0.461 e. The Morgan fingerprint density at radius 1 is 0.951 bits per heavy atom.